The van der Waals surface area contributed by atoms with Crippen LogP contribution in [-0.2, 0) is 0 Å². The predicted octanol–water partition coefficient (Wildman–Crippen LogP) is 0.149. The van der Waals surface area contributed by atoms with E-state index < -0.39 is 5.91 Å². The van der Waals surface area contributed by atoms with Gasteiger partial charge in [0.2, 0.25) is 0 Å². The topological polar surface area (TPSA) is 78.3 Å². The van der Waals surface area contributed by atoms with E-state index in [9.17, 15) is 4.79 Å². The number of carbonyl (C=O) groups excluding carboxylic acids is 1. The minimum absolute atomic E-state index is 0.123. The van der Waals surface area contributed by atoms with E-state index in [4.69, 9.17) is 5.21 Å². The van der Waals surface area contributed by atoms with Gasteiger partial charge in [-0.3, -0.25) is 15.0 Å². The molecule has 1 aromatic heterocycles. The van der Waals surface area contributed by atoms with E-state index in [0.29, 0.717) is 5.82 Å². The van der Waals surface area contributed by atoms with Gasteiger partial charge in [-0.2, -0.15) is 11.8 Å². The average Bonchev–Trinajstić information content (AvgIpc) is 2.39. The molecule has 1 aromatic rings. The molecule has 0 aliphatic carbocycles. The summed E-state index contributed by atoms with van der Waals surface area (Å²) < 4.78 is 0. The second-order valence-corrected chi connectivity index (χ2v) is 4.53. The summed E-state index contributed by atoms with van der Waals surface area (Å²) in [6.45, 7) is 1.81. The van der Waals surface area contributed by atoms with Gasteiger partial charge in [0.05, 0.1) is 12.4 Å². The van der Waals surface area contributed by atoms with Crippen molar-refractivity contribution in [1.29, 1.82) is 0 Å². The summed E-state index contributed by atoms with van der Waals surface area (Å²) in [5.41, 5.74) is 1.67. The molecule has 2 rings (SSSR count). The molecule has 1 fully saturated rings. The maximum absolute atomic E-state index is 11.2. The van der Waals surface area contributed by atoms with Gasteiger partial charge in [0.1, 0.15) is 5.82 Å². The van der Waals surface area contributed by atoms with Crippen molar-refractivity contribution in [2.45, 2.75) is 0 Å². The fraction of sp³-hybridized carbons (Fsp3) is 0.444. The van der Waals surface area contributed by atoms with Crippen molar-refractivity contribution in [3.8, 4) is 0 Å². The average molecular weight is 240 g/mol. The molecule has 86 valence electrons. The smallest absolute Gasteiger partial charge is 0.294 e. The number of hydrogen-bond acceptors (Lipinski definition) is 6. The zero-order chi connectivity index (χ0) is 11.4. The van der Waals surface area contributed by atoms with Crippen molar-refractivity contribution in [2.75, 3.05) is 29.5 Å². The molecule has 0 bridgehead atoms. The lowest BCUT2D eigenvalue weighted by molar-refractivity contribution is 0.0700. The lowest BCUT2D eigenvalue weighted by Crippen LogP contribution is -2.33. The Morgan fingerprint density at radius 3 is 2.88 bits per heavy atom. The van der Waals surface area contributed by atoms with Gasteiger partial charge in [-0.25, -0.2) is 10.5 Å². The molecule has 0 unspecified atom stereocenters. The second kappa shape index (κ2) is 5.13. The number of carbonyl (C=O) groups is 1. The molecule has 2 N–H and O–H groups in total. The Kier molecular flexibility index (Phi) is 3.58. The first kappa shape index (κ1) is 11.2. The Morgan fingerprint density at radius 2 is 2.19 bits per heavy atom. The monoisotopic (exact) mass is 240 g/mol. The molecule has 0 spiro atoms. The Balaban J connectivity index is 2.17. The van der Waals surface area contributed by atoms with E-state index in [0.717, 1.165) is 24.6 Å². The van der Waals surface area contributed by atoms with Crippen LogP contribution >= 0.6 is 11.8 Å². The zero-order valence-electron chi connectivity index (χ0n) is 8.59. The number of nitrogens with zero attached hydrogens (tertiary/aromatic N) is 3. The summed E-state index contributed by atoms with van der Waals surface area (Å²) >= 11 is 1.90. The lowest BCUT2D eigenvalue weighted by atomic mass is 10.4. The standard InChI is InChI=1S/C9H12N4O2S/c14-9(12-15)7-5-10-6-8(11-7)13-1-3-16-4-2-13/h5-6,15H,1-4H2,(H,12,14). The zero-order valence-corrected chi connectivity index (χ0v) is 9.40. The maximum atomic E-state index is 11.2. The van der Waals surface area contributed by atoms with E-state index in [2.05, 4.69) is 14.9 Å². The van der Waals surface area contributed by atoms with E-state index in [1.807, 2.05) is 11.8 Å². The Labute approximate surface area is 97.0 Å². The number of thioether (sulfide) groups is 1. The van der Waals surface area contributed by atoms with Gasteiger partial charge < -0.3 is 4.90 Å². The van der Waals surface area contributed by atoms with Crippen LogP contribution in [0.2, 0.25) is 0 Å². The molecule has 0 saturated carbocycles. The molecule has 1 saturated heterocycles. The van der Waals surface area contributed by atoms with Crippen LogP contribution in [0.1, 0.15) is 10.5 Å². The van der Waals surface area contributed by atoms with Gasteiger partial charge in [-0.05, 0) is 0 Å². The Hall–Kier alpha value is -1.34. The predicted molar refractivity (Wildman–Crippen MR) is 60.8 cm³/mol. The minimum atomic E-state index is -0.638. The Bertz CT molecular complexity index is 382. The second-order valence-electron chi connectivity index (χ2n) is 3.30. The highest BCUT2D eigenvalue weighted by molar-refractivity contribution is 7.99. The largest absolute Gasteiger partial charge is 0.354 e. The van der Waals surface area contributed by atoms with Crippen molar-refractivity contribution in [2.24, 2.45) is 0 Å². The molecule has 16 heavy (non-hydrogen) atoms. The number of aromatic nitrogens is 2. The first-order valence-electron chi connectivity index (χ1n) is 4.90. The lowest BCUT2D eigenvalue weighted by Gasteiger charge is -2.27. The fourth-order valence-corrected chi connectivity index (χ4v) is 2.37. The van der Waals surface area contributed by atoms with Gasteiger partial charge >= 0.3 is 0 Å². The third-order valence-electron chi connectivity index (χ3n) is 2.29. The SMILES string of the molecule is O=C(NO)c1cncc(N2CCSCC2)n1. The molecular weight excluding hydrogens is 228 g/mol. The Morgan fingerprint density at radius 1 is 1.44 bits per heavy atom. The number of hydrogen-bond donors (Lipinski definition) is 2. The van der Waals surface area contributed by atoms with Crippen LogP contribution in [0.3, 0.4) is 0 Å². The summed E-state index contributed by atoms with van der Waals surface area (Å²) in [6.07, 6.45) is 2.96. The highest BCUT2D eigenvalue weighted by Crippen LogP contribution is 2.16. The summed E-state index contributed by atoms with van der Waals surface area (Å²) in [5, 5.41) is 8.51. The molecule has 0 aromatic carbocycles. The number of hydroxylamine groups is 1. The summed E-state index contributed by atoms with van der Waals surface area (Å²) in [7, 11) is 0. The molecule has 7 heteroatoms. The number of nitrogens with one attached hydrogen (secondary N) is 1. The van der Waals surface area contributed by atoms with Crippen molar-refractivity contribution in [3.05, 3.63) is 18.1 Å². The molecule has 6 nitrogen and oxygen atoms in total. The van der Waals surface area contributed by atoms with Gasteiger partial charge in [0.25, 0.3) is 5.91 Å². The van der Waals surface area contributed by atoms with E-state index in [1.165, 1.54) is 6.20 Å². The van der Waals surface area contributed by atoms with Gasteiger partial charge in [-0.15, -0.1) is 0 Å². The molecule has 1 amide bonds. The van der Waals surface area contributed by atoms with Crippen LogP contribution in [0.15, 0.2) is 12.4 Å². The van der Waals surface area contributed by atoms with Crippen LogP contribution < -0.4 is 10.4 Å². The van der Waals surface area contributed by atoms with Crippen LogP contribution in [0.4, 0.5) is 5.82 Å². The molecular formula is C9H12N4O2S. The maximum Gasteiger partial charge on any atom is 0.294 e. The first-order valence-corrected chi connectivity index (χ1v) is 6.06. The summed E-state index contributed by atoms with van der Waals surface area (Å²) in [4.78, 5) is 21.3. The van der Waals surface area contributed by atoms with Crippen molar-refractivity contribution in [1.82, 2.24) is 15.4 Å². The van der Waals surface area contributed by atoms with Gasteiger partial charge in [0, 0.05) is 24.6 Å². The summed E-state index contributed by atoms with van der Waals surface area (Å²) in [6, 6.07) is 0. The quantitative estimate of drug-likeness (QED) is 0.566. The molecule has 2 heterocycles. The van der Waals surface area contributed by atoms with Gasteiger partial charge in [0.15, 0.2) is 5.69 Å². The molecule has 0 atom stereocenters. The number of rotatable bonds is 2. The van der Waals surface area contributed by atoms with Crippen LogP contribution in [0, 0.1) is 0 Å². The third-order valence-corrected chi connectivity index (χ3v) is 3.23. The molecule has 0 radical (unpaired) electrons. The van der Waals surface area contributed by atoms with E-state index in [-0.39, 0.29) is 5.69 Å². The van der Waals surface area contributed by atoms with E-state index >= 15 is 0 Å². The van der Waals surface area contributed by atoms with Crippen molar-refractivity contribution in [3.63, 3.8) is 0 Å². The van der Waals surface area contributed by atoms with Crippen molar-refractivity contribution < 1.29 is 10.0 Å². The number of anilines is 1. The highest BCUT2D eigenvalue weighted by Gasteiger charge is 2.14. The molecule has 1 aliphatic rings. The van der Waals surface area contributed by atoms with Crippen LogP contribution in [0.5, 0.6) is 0 Å². The number of amides is 1. The van der Waals surface area contributed by atoms with Crippen LogP contribution in [0.25, 0.3) is 0 Å². The minimum Gasteiger partial charge on any atom is -0.354 e. The van der Waals surface area contributed by atoms with Crippen molar-refractivity contribution >= 4 is 23.5 Å². The molecule has 1 aliphatic heterocycles. The third kappa shape index (κ3) is 2.42. The normalized spacial score (nSPS) is 15.9. The fourth-order valence-electron chi connectivity index (χ4n) is 1.47. The van der Waals surface area contributed by atoms with Crippen LogP contribution in [-0.4, -0.2) is 45.7 Å². The van der Waals surface area contributed by atoms with Gasteiger partial charge in [-0.1, -0.05) is 0 Å². The summed E-state index contributed by atoms with van der Waals surface area (Å²) in [5.74, 6) is 2.15. The highest BCUT2D eigenvalue weighted by atomic mass is 32.2. The first-order chi connectivity index (χ1) is 7.81. The van der Waals surface area contributed by atoms with E-state index in [1.54, 1.807) is 11.7 Å².